The molecule has 0 aromatic heterocycles. The topological polar surface area (TPSA) is 18.5 Å². The van der Waals surface area contributed by atoms with Crippen LogP contribution in [0.15, 0.2) is 23.2 Å². The Morgan fingerprint density at radius 2 is 1.29 bits per heavy atom. The molecule has 84 valence electrons. The lowest BCUT2D eigenvalue weighted by molar-refractivity contribution is 0.162. The van der Waals surface area contributed by atoms with Crippen LogP contribution in [-0.2, 0) is 9.47 Å². The Bertz CT molecular complexity index is 142. The maximum absolute atomic E-state index is 5.37. The zero-order chi connectivity index (χ0) is 11.4. The molecule has 0 fully saturated rings. The van der Waals surface area contributed by atoms with Gasteiger partial charge in [0.05, 0.1) is 13.2 Å². The first-order valence-corrected chi connectivity index (χ1v) is 5.12. The van der Waals surface area contributed by atoms with Gasteiger partial charge in [-0.1, -0.05) is 36.4 Å². The van der Waals surface area contributed by atoms with E-state index in [-0.39, 0.29) is 0 Å². The van der Waals surface area contributed by atoms with Gasteiger partial charge in [-0.05, 0) is 13.8 Å². The molecule has 0 heterocycles. The molecule has 0 atom stereocenters. The molecule has 4 heteroatoms. The highest BCUT2D eigenvalue weighted by Crippen LogP contribution is 2.00. The summed E-state index contributed by atoms with van der Waals surface area (Å²) in [6.45, 7) is 13.2. The number of ether oxygens (including phenoxy) is 2. The summed E-state index contributed by atoms with van der Waals surface area (Å²) in [5.41, 5.74) is 0. The van der Waals surface area contributed by atoms with Gasteiger partial charge in [0.15, 0.2) is 0 Å². The van der Waals surface area contributed by atoms with E-state index in [1.807, 2.05) is 13.8 Å². The van der Waals surface area contributed by atoms with Crippen LogP contribution in [0.3, 0.4) is 0 Å². The molecule has 0 bridgehead atoms. The van der Waals surface area contributed by atoms with E-state index in [1.165, 1.54) is 0 Å². The zero-order valence-electron chi connectivity index (χ0n) is 8.82. The van der Waals surface area contributed by atoms with Crippen LogP contribution in [0.4, 0.5) is 0 Å². The summed E-state index contributed by atoms with van der Waals surface area (Å²) in [4.78, 5) is 0. The molecule has 0 radical (unpaired) electrons. The maximum Gasteiger partial charge on any atom is 0.0822 e. The molecule has 0 aliphatic heterocycles. The zero-order valence-corrected chi connectivity index (χ0v) is 10.3. The fraction of sp³-hybridized carbons (Fsp3) is 0.600. The van der Waals surface area contributed by atoms with E-state index in [0.29, 0.717) is 23.3 Å². The minimum absolute atomic E-state index is 0.327. The van der Waals surface area contributed by atoms with Crippen molar-refractivity contribution < 1.29 is 9.47 Å². The summed E-state index contributed by atoms with van der Waals surface area (Å²) < 4.78 is 9.73. The molecule has 0 spiro atoms. The first-order valence-electron chi connectivity index (χ1n) is 4.36. The molecule has 0 saturated heterocycles. The first-order chi connectivity index (χ1) is 6.54. The lowest BCUT2D eigenvalue weighted by Gasteiger charge is -1.98. The first kappa shape index (κ1) is 16.4. The van der Waals surface area contributed by atoms with E-state index in [9.17, 15) is 0 Å². The van der Waals surface area contributed by atoms with E-state index in [0.717, 1.165) is 13.2 Å². The van der Waals surface area contributed by atoms with Crippen molar-refractivity contribution >= 4 is 23.2 Å². The summed E-state index contributed by atoms with van der Waals surface area (Å²) in [7, 11) is 0. The third-order valence-electron chi connectivity index (χ3n) is 0.926. The average Bonchev–Trinajstić information content (AvgIpc) is 2.05. The fourth-order valence-electron chi connectivity index (χ4n) is 0.477. The summed E-state index contributed by atoms with van der Waals surface area (Å²) >= 11 is 10.7. The normalized spacial score (nSPS) is 8.86. The standard InChI is InChI=1S/C6H8Cl2O.C4H10O/c1-5(7)3-9-4-6(2)8;1-3-5-4-2/h1-4H2;3-4H2,1-2H3. The number of hydrogen-bond donors (Lipinski definition) is 0. The van der Waals surface area contributed by atoms with E-state index >= 15 is 0 Å². The molecule has 0 aromatic rings. The molecule has 2 nitrogen and oxygen atoms in total. The van der Waals surface area contributed by atoms with Crippen molar-refractivity contribution in [1.82, 2.24) is 0 Å². The third kappa shape index (κ3) is 22.7. The van der Waals surface area contributed by atoms with Crippen LogP contribution in [0.1, 0.15) is 13.8 Å². The van der Waals surface area contributed by atoms with Gasteiger partial charge in [-0.2, -0.15) is 0 Å². The fourth-order valence-corrected chi connectivity index (χ4v) is 0.631. The van der Waals surface area contributed by atoms with E-state index in [2.05, 4.69) is 13.2 Å². The highest BCUT2D eigenvalue weighted by atomic mass is 35.5. The molecule has 0 amide bonds. The van der Waals surface area contributed by atoms with Gasteiger partial charge in [-0.15, -0.1) is 0 Å². The quantitative estimate of drug-likeness (QED) is 0.708. The molecule has 0 aromatic carbocycles. The van der Waals surface area contributed by atoms with Crippen LogP contribution in [0.25, 0.3) is 0 Å². The van der Waals surface area contributed by atoms with Crippen LogP contribution in [0.2, 0.25) is 0 Å². The molecular weight excluding hydrogens is 223 g/mol. The van der Waals surface area contributed by atoms with Crippen molar-refractivity contribution in [3.63, 3.8) is 0 Å². The summed E-state index contributed by atoms with van der Waals surface area (Å²) in [6, 6.07) is 0. The molecule has 0 rings (SSSR count). The van der Waals surface area contributed by atoms with Gasteiger partial charge in [0.25, 0.3) is 0 Å². The molecule has 0 unspecified atom stereocenters. The van der Waals surface area contributed by atoms with Crippen molar-refractivity contribution in [2.45, 2.75) is 13.8 Å². The van der Waals surface area contributed by atoms with Crippen LogP contribution >= 0.6 is 23.2 Å². The van der Waals surface area contributed by atoms with Crippen molar-refractivity contribution in [2.75, 3.05) is 26.4 Å². The second-order valence-electron chi connectivity index (χ2n) is 2.31. The van der Waals surface area contributed by atoms with Crippen LogP contribution in [-0.4, -0.2) is 26.4 Å². The summed E-state index contributed by atoms with van der Waals surface area (Å²) in [5, 5.41) is 0.931. The van der Waals surface area contributed by atoms with Crippen molar-refractivity contribution in [3.8, 4) is 0 Å². The van der Waals surface area contributed by atoms with Crippen molar-refractivity contribution in [2.24, 2.45) is 0 Å². The number of rotatable bonds is 6. The molecule has 0 N–H and O–H groups in total. The number of hydrogen-bond acceptors (Lipinski definition) is 2. The van der Waals surface area contributed by atoms with E-state index in [1.54, 1.807) is 0 Å². The Labute approximate surface area is 96.5 Å². The Morgan fingerprint density at radius 3 is 1.43 bits per heavy atom. The van der Waals surface area contributed by atoms with Gasteiger partial charge >= 0.3 is 0 Å². The summed E-state index contributed by atoms with van der Waals surface area (Å²) in [5.74, 6) is 0. The molecule has 0 aliphatic carbocycles. The molecular formula is C10H18Cl2O2. The third-order valence-corrected chi connectivity index (χ3v) is 1.14. The lowest BCUT2D eigenvalue weighted by atomic mass is 10.6. The Morgan fingerprint density at radius 1 is 0.929 bits per heavy atom. The smallest absolute Gasteiger partial charge is 0.0822 e. The Balaban J connectivity index is 0. The average molecular weight is 241 g/mol. The largest absolute Gasteiger partial charge is 0.382 e. The summed E-state index contributed by atoms with van der Waals surface area (Å²) in [6.07, 6.45) is 0. The molecule has 0 saturated carbocycles. The predicted octanol–water partition coefficient (Wildman–Crippen LogP) is 3.55. The van der Waals surface area contributed by atoms with Crippen molar-refractivity contribution in [3.05, 3.63) is 23.2 Å². The van der Waals surface area contributed by atoms with Crippen LogP contribution in [0, 0.1) is 0 Å². The SMILES string of the molecule is C=C(Cl)COCC(=C)Cl.CCOCC. The predicted molar refractivity (Wildman–Crippen MR) is 63.0 cm³/mol. The van der Waals surface area contributed by atoms with Gasteiger partial charge in [0, 0.05) is 23.3 Å². The molecule has 0 aliphatic rings. The minimum Gasteiger partial charge on any atom is -0.382 e. The number of halogens is 2. The lowest BCUT2D eigenvalue weighted by Crippen LogP contribution is -1.94. The van der Waals surface area contributed by atoms with Gasteiger partial charge in [-0.3, -0.25) is 0 Å². The minimum atomic E-state index is 0.327. The molecule has 14 heavy (non-hydrogen) atoms. The second kappa shape index (κ2) is 13.0. The van der Waals surface area contributed by atoms with Gasteiger partial charge in [0.2, 0.25) is 0 Å². The Kier molecular flexibility index (Phi) is 15.2. The highest BCUT2D eigenvalue weighted by molar-refractivity contribution is 6.29. The van der Waals surface area contributed by atoms with E-state index in [4.69, 9.17) is 32.7 Å². The second-order valence-corrected chi connectivity index (χ2v) is 3.38. The van der Waals surface area contributed by atoms with E-state index < -0.39 is 0 Å². The monoisotopic (exact) mass is 240 g/mol. The van der Waals surface area contributed by atoms with Gasteiger partial charge in [0.1, 0.15) is 0 Å². The van der Waals surface area contributed by atoms with Crippen LogP contribution < -0.4 is 0 Å². The van der Waals surface area contributed by atoms with Gasteiger partial charge < -0.3 is 9.47 Å². The maximum atomic E-state index is 5.37. The Hall–Kier alpha value is -0.0200. The van der Waals surface area contributed by atoms with Crippen molar-refractivity contribution in [1.29, 1.82) is 0 Å². The van der Waals surface area contributed by atoms with Gasteiger partial charge in [-0.25, -0.2) is 0 Å². The highest BCUT2D eigenvalue weighted by Gasteiger charge is 1.89. The van der Waals surface area contributed by atoms with Crippen LogP contribution in [0.5, 0.6) is 0 Å².